The van der Waals surface area contributed by atoms with Crippen LogP contribution in [0.1, 0.15) is 26.7 Å². The minimum Gasteiger partial charge on any atom is -0.380 e. The predicted molar refractivity (Wildman–Crippen MR) is 57.5 cm³/mol. The lowest BCUT2D eigenvalue weighted by molar-refractivity contribution is 0.160. The Morgan fingerprint density at radius 1 is 1.57 bits per heavy atom. The molecule has 4 heteroatoms. The summed E-state index contributed by atoms with van der Waals surface area (Å²) in [7, 11) is 0. The number of anilines is 1. The first kappa shape index (κ1) is 9.71. The van der Waals surface area contributed by atoms with Crippen molar-refractivity contribution in [1.29, 1.82) is 0 Å². The Bertz CT molecular complexity index is 338. The van der Waals surface area contributed by atoms with Crippen LogP contribution in [0.2, 0.25) is 5.15 Å². The van der Waals surface area contributed by atoms with E-state index in [2.05, 4.69) is 29.4 Å². The predicted octanol–water partition coefficient (Wildman–Crippen LogP) is 2.73. The van der Waals surface area contributed by atoms with Crippen LogP contribution in [0.4, 0.5) is 5.69 Å². The molecule has 2 rings (SSSR count). The molecule has 1 aromatic heterocycles. The quantitative estimate of drug-likeness (QED) is 0.818. The van der Waals surface area contributed by atoms with Gasteiger partial charge in [0, 0.05) is 12.1 Å². The fourth-order valence-corrected chi connectivity index (χ4v) is 1.92. The van der Waals surface area contributed by atoms with Crippen molar-refractivity contribution in [3.05, 3.63) is 17.4 Å². The van der Waals surface area contributed by atoms with E-state index in [0.717, 1.165) is 5.69 Å². The second-order valence-electron chi connectivity index (χ2n) is 4.49. The highest BCUT2D eigenvalue weighted by molar-refractivity contribution is 6.29. The van der Waals surface area contributed by atoms with E-state index in [1.165, 1.54) is 12.8 Å². The lowest BCUT2D eigenvalue weighted by atomic mass is 9.67. The Hall–Kier alpha value is -0.830. The molecule has 1 N–H and O–H groups in total. The first-order valence-corrected chi connectivity index (χ1v) is 5.20. The van der Waals surface area contributed by atoms with Crippen LogP contribution < -0.4 is 5.32 Å². The average Bonchev–Trinajstić information content (AvgIpc) is 2.13. The maximum Gasteiger partial charge on any atom is 0.153 e. The molecule has 76 valence electrons. The van der Waals surface area contributed by atoms with Crippen molar-refractivity contribution in [3.63, 3.8) is 0 Å². The van der Waals surface area contributed by atoms with E-state index in [0.29, 0.717) is 16.6 Å². The van der Waals surface area contributed by atoms with Gasteiger partial charge in [0.1, 0.15) is 0 Å². The zero-order valence-electron chi connectivity index (χ0n) is 8.42. The van der Waals surface area contributed by atoms with E-state index >= 15 is 0 Å². The van der Waals surface area contributed by atoms with Crippen molar-refractivity contribution in [1.82, 2.24) is 10.2 Å². The van der Waals surface area contributed by atoms with Crippen LogP contribution in [0.3, 0.4) is 0 Å². The molecule has 1 unspecified atom stereocenters. The highest BCUT2D eigenvalue weighted by atomic mass is 35.5. The molecular formula is C10H14ClN3. The summed E-state index contributed by atoms with van der Waals surface area (Å²) in [6.07, 6.45) is 4.20. The van der Waals surface area contributed by atoms with Gasteiger partial charge in [-0.05, 0) is 18.3 Å². The minimum absolute atomic E-state index is 0.385. The van der Waals surface area contributed by atoms with Crippen LogP contribution in [0.15, 0.2) is 12.3 Å². The molecule has 1 atom stereocenters. The Morgan fingerprint density at radius 3 is 2.86 bits per heavy atom. The van der Waals surface area contributed by atoms with Gasteiger partial charge in [-0.2, -0.15) is 5.10 Å². The normalized spacial score (nSPS) is 24.1. The third kappa shape index (κ3) is 1.82. The summed E-state index contributed by atoms with van der Waals surface area (Å²) >= 11 is 5.75. The van der Waals surface area contributed by atoms with Gasteiger partial charge in [0.05, 0.1) is 11.9 Å². The summed E-state index contributed by atoms with van der Waals surface area (Å²) in [4.78, 5) is 0. The number of rotatable bonds is 2. The minimum atomic E-state index is 0.385. The molecule has 1 heterocycles. The van der Waals surface area contributed by atoms with Gasteiger partial charge in [0.15, 0.2) is 5.15 Å². The molecule has 0 bridgehead atoms. The molecule has 3 nitrogen and oxygen atoms in total. The van der Waals surface area contributed by atoms with E-state index in [9.17, 15) is 0 Å². The molecule has 1 aliphatic rings. The number of aromatic nitrogens is 2. The lowest BCUT2D eigenvalue weighted by Crippen LogP contribution is -2.45. The second kappa shape index (κ2) is 3.39. The van der Waals surface area contributed by atoms with Crippen LogP contribution in [-0.2, 0) is 0 Å². The van der Waals surface area contributed by atoms with Crippen LogP contribution >= 0.6 is 11.6 Å². The maximum absolute atomic E-state index is 5.75. The Balaban J connectivity index is 2.05. The van der Waals surface area contributed by atoms with Crippen molar-refractivity contribution in [2.75, 3.05) is 5.32 Å². The third-order valence-electron chi connectivity index (χ3n) is 2.99. The van der Waals surface area contributed by atoms with Crippen molar-refractivity contribution < 1.29 is 0 Å². The fourth-order valence-electron chi connectivity index (χ4n) is 1.75. The summed E-state index contributed by atoms with van der Waals surface area (Å²) in [5.74, 6) is 0. The number of hydrogen-bond acceptors (Lipinski definition) is 3. The first-order chi connectivity index (χ1) is 6.58. The first-order valence-electron chi connectivity index (χ1n) is 4.83. The van der Waals surface area contributed by atoms with E-state index in [1.54, 1.807) is 6.20 Å². The largest absolute Gasteiger partial charge is 0.380 e. The summed E-state index contributed by atoms with van der Waals surface area (Å²) in [5.41, 5.74) is 1.35. The Morgan fingerprint density at radius 2 is 2.36 bits per heavy atom. The van der Waals surface area contributed by atoms with E-state index in [1.807, 2.05) is 6.07 Å². The average molecular weight is 212 g/mol. The molecule has 14 heavy (non-hydrogen) atoms. The smallest absolute Gasteiger partial charge is 0.153 e. The molecule has 1 aromatic rings. The van der Waals surface area contributed by atoms with E-state index in [-0.39, 0.29) is 0 Å². The third-order valence-corrected chi connectivity index (χ3v) is 3.17. The Kier molecular flexibility index (Phi) is 2.35. The summed E-state index contributed by atoms with van der Waals surface area (Å²) in [6.45, 7) is 4.54. The van der Waals surface area contributed by atoms with Crippen LogP contribution in [0, 0.1) is 5.41 Å². The van der Waals surface area contributed by atoms with Crippen molar-refractivity contribution >= 4 is 17.3 Å². The molecule has 1 aliphatic carbocycles. The van der Waals surface area contributed by atoms with Gasteiger partial charge < -0.3 is 5.32 Å². The van der Waals surface area contributed by atoms with Gasteiger partial charge in [0.2, 0.25) is 0 Å². The van der Waals surface area contributed by atoms with Gasteiger partial charge in [0.25, 0.3) is 0 Å². The maximum atomic E-state index is 5.75. The zero-order valence-corrected chi connectivity index (χ0v) is 9.17. The second-order valence-corrected chi connectivity index (χ2v) is 4.88. The van der Waals surface area contributed by atoms with Crippen molar-refractivity contribution in [3.8, 4) is 0 Å². The van der Waals surface area contributed by atoms with Crippen LogP contribution in [0.5, 0.6) is 0 Å². The van der Waals surface area contributed by atoms with Crippen molar-refractivity contribution in [2.24, 2.45) is 5.41 Å². The molecule has 0 aromatic carbocycles. The summed E-state index contributed by atoms with van der Waals surface area (Å²) < 4.78 is 0. The molecular weight excluding hydrogens is 198 g/mol. The van der Waals surface area contributed by atoms with E-state index < -0.39 is 0 Å². The number of halogens is 1. The molecule has 0 saturated heterocycles. The monoisotopic (exact) mass is 211 g/mol. The topological polar surface area (TPSA) is 37.8 Å². The standard InChI is InChI=1S/C10H14ClN3/c1-10(2)4-3-8(10)13-7-5-9(11)14-12-6-7/h5-6,8H,3-4H2,1-2H3,(H,13,14). The molecule has 0 aliphatic heterocycles. The molecule has 1 fully saturated rings. The van der Waals surface area contributed by atoms with Gasteiger partial charge in [-0.1, -0.05) is 25.4 Å². The fraction of sp³-hybridized carbons (Fsp3) is 0.600. The molecule has 1 saturated carbocycles. The van der Waals surface area contributed by atoms with Gasteiger partial charge >= 0.3 is 0 Å². The van der Waals surface area contributed by atoms with Gasteiger partial charge in [-0.3, -0.25) is 0 Å². The Labute approximate surface area is 88.9 Å². The summed E-state index contributed by atoms with van der Waals surface area (Å²) in [6, 6.07) is 2.34. The zero-order chi connectivity index (χ0) is 10.2. The SMILES string of the molecule is CC1(C)CCC1Nc1cnnc(Cl)c1. The van der Waals surface area contributed by atoms with Crippen LogP contribution in [0.25, 0.3) is 0 Å². The number of hydrogen-bond donors (Lipinski definition) is 1. The number of nitrogens with zero attached hydrogens (tertiary/aromatic N) is 2. The van der Waals surface area contributed by atoms with Gasteiger partial charge in [-0.25, -0.2) is 0 Å². The molecule has 0 amide bonds. The lowest BCUT2D eigenvalue weighted by Gasteiger charge is -2.45. The molecule has 0 spiro atoms. The van der Waals surface area contributed by atoms with Crippen molar-refractivity contribution in [2.45, 2.75) is 32.7 Å². The van der Waals surface area contributed by atoms with Crippen LogP contribution in [-0.4, -0.2) is 16.2 Å². The molecule has 0 radical (unpaired) electrons. The number of nitrogens with one attached hydrogen (secondary N) is 1. The summed E-state index contributed by atoms with van der Waals surface area (Å²) in [5, 5.41) is 11.4. The van der Waals surface area contributed by atoms with Gasteiger partial charge in [-0.15, -0.1) is 5.10 Å². The van der Waals surface area contributed by atoms with E-state index in [4.69, 9.17) is 11.6 Å². The highest BCUT2D eigenvalue weighted by Crippen LogP contribution is 2.41. The highest BCUT2D eigenvalue weighted by Gasteiger charge is 2.38.